The molecule has 5 heteroatoms. The van der Waals surface area contributed by atoms with Crippen LogP contribution in [-0.4, -0.2) is 0 Å². The van der Waals surface area contributed by atoms with Crippen LogP contribution in [0.1, 0.15) is 130 Å². The normalized spacial score (nSPS) is 16.4. The monoisotopic (exact) mass is 1280 g/mol. The van der Waals surface area contributed by atoms with Crippen molar-refractivity contribution in [1.82, 2.24) is 0 Å². The van der Waals surface area contributed by atoms with Crippen molar-refractivity contribution in [3.05, 3.63) is 286 Å². The minimum Gasteiger partial charge on any atom is -0.488 e. The molecular weight excluding hydrogens is 1210 g/mol. The predicted octanol–water partition coefficient (Wildman–Crippen LogP) is 25.6. The fourth-order valence-corrected chi connectivity index (χ4v) is 20.4. The Labute approximate surface area is 574 Å². The molecule has 13 aromatic carbocycles. The molecule has 0 amide bonds. The van der Waals surface area contributed by atoms with Crippen LogP contribution in [0.5, 0.6) is 5.75 Å². The van der Waals surface area contributed by atoms with E-state index in [-0.39, 0.29) is 10.8 Å². The van der Waals surface area contributed by atoms with Gasteiger partial charge in [0.15, 0.2) is 0 Å². The van der Waals surface area contributed by atoms with Crippen molar-refractivity contribution < 1.29 is 18.0 Å². The first kappa shape index (κ1) is 55.9. The van der Waals surface area contributed by atoms with E-state index in [1.807, 2.05) is 6.07 Å². The Hall–Kier alpha value is -11.1. The average molecular weight is 1280 g/mol. The third kappa shape index (κ3) is 6.77. The first-order valence-corrected chi connectivity index (χ1v) is 35.2. The molecule has 4 heterocycles. The van der Waals surface area contributed by atoms with Crippen LogP contribution in [0.3, 0.4) is 0 Å². The van der Waals surface area contributed by atoms with Crippen LogP contribution < -0.4 is 9.64 Å². The molecule has 0 N–H and O–H groups in total. The van der Waals surface area contributed by atoms with Crippen molar-refractivity contribution >= 4 is 82.9 Å². The van der Waals surface area contributed by atoms with Gasteiger partial charge in [-0.25, -0.2) is 0 Å². The summed E-state index contributed by atoms with van der Waals surface area (Å²) in [5.41, 5.74) is 39.1. The van der Waals surface area contributed by atoms with Gasteiger partial charge in [-0.1, -0.05) is 215 Å². The van der Waals surface area contributed by atoms with Crippen LogP contribution in [0.2, 0.25) is 0 Å². The zero-order valence-corrected chi connectivity index (χ0v) is 57.1. The number of anilines is 3. The second-order valence-corrected chi connectivity index (χ2v) is 31.6. The van der Waals surface area contributed by atoms with Crippen LogP contribution in [0.15, 0.2) is 238 Å². The van der Waals surface area contributed by atoms with Crippen LogP contribution in [0, 0.1) is 0 Å². The van der Waals surface area contributed by atoms with E-state index in [0.717, 1.165) is 99.9 Å². The van der Waals surface area contributed by atoms with Crippen molar-refractivity contribution in [1.29, 1.82) is 0 Å². The summed E-state index contributed by atoms with van der Waals surface area (Å²) in [5.74, 6) is 0.941. The second-order valence-electron chi connectivity index (χ2n) is 31.6. The van der Waals surface area contributed by atoms with Gasteiger partial charge in [-0.2, -0.15) is 0 Å². The van der Waals surface area contributed by atoms with E-state index >= 15 is 0 Å². The lowest BCUT2D eigenvalue weighted by molar-refractivity contribution is 0.303. The molecule has 5 nitrogen and oxygen atoms in total. The van der Waals surface area contributed by atoms with E-state index in [9.17, 15) is 0 Å². The Morgan fingerprint density at radius 2 is 0.727 bits per heavy atom. The summed E-state index contributed by atoms with van der Waals surface area (Å²) in [7, 11) is 0. The molecule has 5 aliphatic carbocycles. The highest BCUT2D eigenvalue weighted by molar-refractivity contribution is 6.22. The fourth-order valence-electron chi connectivity index (χ4n) is 20.4. The summed E-state index contributed by atoms with van der Waals surface area (Å²) in [6.45, 7) is 25.1. The first-order chi connectivity index (χ1) is 47.9. The number of hydrogen-bond acceptors (Lipinski definition) is 5. The smallest absolute Gasteiger partial charge is 0.144 e. The quantitative estimate of drug-likeness (QED) is 0.176. The summed E-state index contributed by atoms with van der Waals surface area (Å²) in [6, 6.07) is 83.8. The molecule has 0 saturated carbocycles. The number of para-hydroxylation sites is 4. The van der Waals surface area contributed by atoms with E-state index < -0.39 is 16.2 Å². The number of furan rings is 3. The van der Waals surface area contributed by atoms with Gasteiger partial charge in [-0.15, -0.1) is 0 Å². The minimum absolute atomic E-state index is 0.261. The van der Waals surface area contributed by atoms with Crippen LogP contribution in [0.4, 0.5) is 17.1 Å². The van der Waals surface area contributed by atoms with Crippen molar-refractivity contribution in [2.45, 2.75) is 103 Å². The molecular formula is C94H69NO4. The maximum Gasteiger partial charge on any atom is 0.144 e. The molecule has 0 bridgehead atoms. The Morgan fingerprint density at radius 1 is 0.283 bits per heavy atom. The standard InChI is InChI=1S/C94H69NO4/c1-90(2)67-44-50(36-40-57(67)78-70(90)47-63(88-81(78)61-27-15-21-33-73(61)98-88)49-35-39-54-53-23-13-20-32-72(53)97-75(54)43-49)95(52-38-42-59-69(46-52)94(9,10)87-83(59)89-82(62-28-16-22-34-74(62)99-89)80-56-25-12-18-30-66(56)92(5,6)86(80)87)51-37-41-58-68(45-51)93(7,8)85-79(58)76-60-26-14-19-31-71(60)96-48-64(76)77-55-24-11-17-29-65(55)91(3,4)84(77)85/h11-47H,48H2,1-10H3. The van der Waals surface area contributed by atoms with Crippen LogP contribution >= 0.6 is 0 Å². The fraction of sp³-hybridized carbons (Fsp3) is 0.170. The highest BCUT2D eigenvalue weighted by Gasteiger charge is 2.52. The van der Waals surface area contributed by atoms with Crippen molar-refractivity contribution in [2.24, 2.45) is 0 Å². The second kappa shape index (κ2) is 18.3. The van der Waals surface area contributed by atoms with Gasteiger partial charge in [0.2, 0.25) is 0 Å². The third-order valence-corrected chi connectivity index (χ3v) is 24.8. The van der Waals surface area contributed by atoms with Gasteiger partial charge in [-0.05, 0) is 190 Å². The van der Waals surface area contributed by atoms with Gasteiger partial charge in [0, 0.05) is 104 Å². The third-order valence-electron chi connectivity index (χ3n) is 24.8. The Morgan fingerprint density at radius 3 is 1.36 bits per heavy atom. The maximum absolute atomic E-state index is 7.24. The molecule has 99 heavy (non-hydrogen) atoms. The zero-order valence-electron chi connectivity index (χ0n) is 57.1. The van der Waals surface area contributed by atoms with Gasteiger partial charge in [-0.3, -0.25) is 0 Å². The number of ether oxygens (including phenoxy) is 1. The Bertz CT molecular complexity index is 6460. The number of nitrogens with zero attached hydrogens (tertiary/aromatic N) is 1. The maximum atomic E-state index is 7.24. The predicted molar refractivity (Wildman–Crippen MR) is 406 cm³/mol. The highest BCUT2D eigenvalue weighted by Crippen LogP contribution is 2.67. The number of benzene rings is 13. The van der Waals surface area contributed by atoms with Gasteiger partial charge in [0.25, 0.3) is 0 Å². The number of rotatable bonds is 4. The lowest BCUT2D eigenvalue weighted by Crippen LogP contribution is -2.25. The Kier molecular flexibility index (Phi) is 10.4. The molecule has 22 rings (SSSR count). The number of fused-ring (bicyclic) bond motifs is 34. The van der Waals surface area contributed by atoms with E-state index in [2.05, 4.69) is 293 Å². The molecule has 0 spiro atoms. The summed E-state index contributed by atoms with van der Waals surface area (Å²) < 4.78 is 27.7. The highest BCUT2D eigenvalue weighted by atomic mass is 16.5. The SMILES string of the molecule is CC1(C)c2cc(N(c3ccc4c(c3)C(C)(C)c3c-4c4c(c5c3C(C)(C)c3ccccc3-5)COc3ccccc3-4)c3ccc4c(c3)C(C)(C)c3c5c(c6c(oc7ccccc76)c3-4)-c3ccccc3C5(C)C)ccc2-c2c1cc(-c1ccc3c(c1)oc1ccccc13)c1oc3ccccc3c21. The topological polar surface area (TPSA) is 51.9 Å². The summed E-state index contributed by atoms with van der Waals surface area (Å²) in [4.78, 5) is 2.58. The largest absolute Gasteiger partial charge is 0.488 e. The zero-order chi connectivity index (χ0) is 66.4. The average Bonchev–Trinajstić information content (AvgIpc) is 1.51. The van der Waals surface area contributed by atoms with E-state index in [1.54, 1.807) is 0 Å². The molecule has 0 atom stereocenters. The molecule has 0 fully saturated rings. The molecule has 0 saturated heterocycles. The van der Waals surface area contributed by atoms with E-state index in [4.69, 9.17) is 18.0 Å². The molecule has 3 aromatic heterocycles. The van der Waals surface area contributed by atoms with Crippen molar-refractivity contribution in [3.8, 4) is 83.6 Å². The molecule has 0 unspecified atom stereocenters. The van der Waals surface area contributed by atoms with Crippen LogP contribution in [0.25, 0.3) is 144 Å². The van der Waals surface area contributed by atoms with Gasteiger partial charge >= 0.3 is 0 Å². The summed E-state index contributed by atoms with van der Waals surface area (Å²) >= 11 is 0. The van der Waals surface area contributed by atoms with Crippen LogP contribution in [-0.2, 0) is 33.7 Å². The lowest BCUT2D eigenvalue weighted by Gasteiger charge is -2.34. The van der Waals surface area contributed by atoms with Gasteiger partial charge in [0.1, 0.15) is 45.9 Å². The van der Waals surface area contributed by atoms with E-state index in [1.165, 1.54) is 128 Å². The molecule has 0 radical (unpaired) electrons. The summed E-state index contributed by atoms with van der Waals surface area (Å²) in [6.07, 6.45) is 0. The first-order valence-electron chi connectivity index (χ1n) is 35.2. The Balaban J connectivity index is 0.779. The molecule has 6 aliphatic rings. The van der Waals surface area contributed by atoms with Crippen molar-refractivity contribution in [3.63, 3.8) is 0 Å². The van der Waals surface area contributed by atoms with E-state index in [0.29, 0.717) is 6.61 Å². The molecule has 474 valence electrons. The van der Waals surface area contributed by atoms with Gasteiger partial charge in [0.05, 0.1) is 0 Å². The summed E-state index contributed by atoms with van der Waals surface area (Å²) in [5, 5.41) is 6.85. The van der Waals surface area contributed by atoms with Gasteiger partial charge < -0.3 is 22.9 Å². The lowest BCUT2D eigenvalue weighted by atomic mass is 9.70. The van der Waals surface area contributed by atoms with Crippen molar-refractivity contribution in [2.75, 3.05) is 4.90 Å². The molecule has 1 aliphatic heterocycles. The minimum atomic E-state index is -0.438. The molecule has 16 aromatic rings. The number of hydrogen-bond donors (Lipinski definition) is 0.